The molecule has 1 aromatic heterocycles. The molecule has 0 N–H and O–H groups in total. The van der Waals surface area contributed by atoms with Crippen LogP contribution in [0.5, 0.6) is 5.75 Å². The number of carbonyl (C=O) groups is 1. The van der Waals surface area contributed by atoms with Crippen molar-refractivity contribution in [3.8, 4) is 5.75 Å². The first-order valence-electron chi connectivity index (χ1n) is 18.2. The number of benzene rings is 1. The highest BCUT2D eigenvalue weighted by molar-refractivity contribution is 6.91. The summed E-state index contributed by atoms with van der Waals surface area (Å²) >= 11 is 0. The van der Waals surface area contributed by atoms with E-state index >= 15 is 0 Å². The van der Waals surface area contributed by atoms with Crippen molar-refractivity contribution in [2.45, 2.75) is 154 Å². The molecule has 2 aliphatic rings. The van der Waals surface area contributed by atoms with Crippen molar-refractivity contribution < 1.29 is 27.8 Å². The van der Waals surface area contributed by atoms with E-state index in [0.717, 1.165) is 50.9 Å². The number of ether oxygens (including phenoxy) is 3. The first kappa shape index (κ1) is 38.7. The lowest BCUT2D eigenvalue weighted by Crippen LogP contribution is -2.52. The molecule has 0 saturated heterocycles. The van der Waals surface area contributed by atoms with Gasteiger partial charge in [-0.15, -0.1) is 0 Å². The number of fused-ring (bicyclic) bond motifs is 4. The number of allylic oxidation sites excluding steroid dienone is 1. The van der Waals surface area contributed by atoms with Gasteiger partial charge in [-0.05, 0) is 72.1 Å². The maximum Gasteiger partial charge on any atom is 0.302 e. The molecule has 0 spiro atoms. The van der Waals surface area contributed by atoms with Gasteiger partial charge in [0.25, 0.3) is 0 Å². The molecular weight excluding hydrogens is 633 g/mol. The predicted octanol–water partition coefficient (Wildman–Crippen LogP) is 10.1. The van der Waals surface area contributed by atoms with Crippen LogP contribution in [0.2, 0.25) is 36.3 Å². The summed E-state index contributed by atoms with van der Waals surface area (Å²) in [4.78, 5) is 12.6. The van der Waals surface area contributed by atoms with Crippen LogP contribution in [-0.2, 0) is 31.7 Å². The first-order valence-corrected chi connectivity index (χ1v) is 24.1. The summed E-state index contributed by atoms with van der Waals surface area (Å²) in [5, 5.41) is 1.39. The van der Waals surface area contributed by atoms with Crippen molar-refractivity contribution in [2.24, 2.45) is 5.92 Å². The maximum absolute atomic E-state index is 12.6. The third-order valence-corrected chi connectivity index (χ3v) is 21.6. The summed E-state index contributed by atoms with van der Waals surface area (Å²) in [5.74, 6) is 0.745. The molecule has 8 heteroatoms. The number of rotatable bonds is 14. The van der Waals surface area contributed by atoms with Crippen molar-refractivity contribution in [3.05, 3.63) is 58.9 Å². The fourth-order valence-electron chi connectivity index (χ4n) is 6.86. The van der Waals surface area contributed by atoms with Crippen LogP contribution in [-0.4, -0.2) is 48.3 Å². The number of unbranched alkanes of at least 4 members (excludes halogenated alkanes) is 3. The van der Waals surface area contributed by atoms with E-state index in [4.69, 9.17) is 23.1 Å². The number of methoxy groups -OCH3 is 1. The highest BCUT2D eigenvalue weighted by atomic mass is 28.4. The topological polar surface area (TPSA) is 67.1 Å². The average molecular weight is 697 g/mol. The number of hydrogen-bond donors (Lipinski definition) is 0. The van der Waals surface area contributed by atoms with Gasteiger partial charge in [0.05, 0.1) is 31.5 Å². The van der Waals surface area contributed by atoms with Gasteiger partial charge in [0, 0.05) is 37.4 Å². The van der Waals surface area contributed by atoms with Gasteiger partial charge in [-0.2, -0.15) is 0 Å². The number of carbonyl (C=O) groups excluding carboxylic acids is 1. The number of esters is 1. The first-order chi connectivity index (χ1) is 22.4. The monoisotopic (exact) mass is 696 g/mol. The van der Waals surface area contributed by atoms with Crippen molar-refractivity contribution in [1.82, 2.24) is 0 Å². The fourth-order valence-corrected chi connectivity index (χ4v) is 10.3. The molecule has 0 unspecified atom stereocenters. The molecule has 6 nitrogen and oxygen atoms in total. The third-order valence-electron chi connectivity index (χ3n) is 11.8. The van der Waals surface area contributed by atoms with E-state index in [1.807, 2.05) is 18.4 Å². The van der Waals surface area contributed by atoms with E-state index in [9.17, 15) is 4.79 Å². The van der Waals surface area contributed by atoms with E-state index in [1.165, 1.54) is 34.1 Å². The lowest BCUT2D eigenvalue weighted by atomic mass is 9.75. The van der Waals surface area contributed by atoms with Crippen LogP contribution in [0, 0.1) is 5.92 Å². The molecule has 2 aliphatic carbocycles. The Labute approximate surface area is 293 Å². The third kappa shape index (κ3) is 8.96. The molecule has 0 fully saturated rings. The Morgan fingerprint density at radius 2 is 1.58 bits per heavy atom. The van der Waals surface area contributed by atoms with Crippen molar-refractivity contribution in [1.29, 1.82) is 0 Å². The summed E-state index contributed by atoms with van der Waals surface area (Å²) in [6.45, 7) is 26.5. The van der Waals surface area contributed by atoms with E-state index in [1.54, 1.807) is 14.0 Å². The lowest BCUT2D eigenvalue weighted by molar-refractivity contribution is -0.152. The zero-order chi connectivity index (χ0) is 35.5. The summed E-state index contributed by atoms with van der Waals surface area (Å²) in [6, 6.07) is 8.07. The zero-order valence-corrected chi connectivity index (χ0v) is 34.1. The molecule has 1 heterocycles. The molecule has 2 bridgehead atoms. The van der Waals surface area contributed by atoms with Gasteiger partial charge >= 0.3 is 5.97 Å². The van der Waals surface area contributed by atoms with Crippen LogP contribution in [0.3, 0.4) is 0 Å². The van der Waals surface area contributed by atoms with Crippen LogP contribution in [0.4, 0.5) is 0 Å². The molecule has 1 aromatic carbocycles. The molecule has 0 aliphatic heterocycles. The molecule has 0 amide bonds. The van der Waals surface area contributed by atoms with Crippen LogP contribution < -0.4 is 10.1 Å². The molecule has 0 radical (unpaired) electrons. The van der Waals surface area contributed by atoms with E-state index in [-0.39, 0.29) is 40.1 Å². The Morgan fingerprint density at radius 3 is 2.19 bits per heavy atom. The van der Waals surface area contributed by atoms with Gasteiger partial charge in [-0.25, -0.2) is 0 Å². The SMILES string of the molecule is COc1ccc(COCCCCCCC2=C[C@H]3c4coc([Si](C)(C)C(C)(C)C)c4C[C@@H](O[Si](C)(C)C(C)(C)C)[C@@H](C2)[C@@H]3OC(C)=O)cc1. The number of hydrogen-bond acceptors (Lipinski definition) is 6. The standard InChI is InChI=1S/C40H64O6Si2/c1-28(41)45-37-32-23-30(17-15-13-14-16-22-43-26-29-18-20-31(42-8)21-19-29)24-34(37)36(46-48(11,12)40(5,6)7)25-33-35(32)27-44-38(33)47(9,10)39(2,3)4/h18-21,23,27,32,34,36-37H,13-17,22,24-26H2,1-12H3/t32-,34+,36+,37+/m0/s1. The second-order valence-corrected chi connectivity index (χ2v) is 27.3. The summed E-state index contributed by atoms with van der Waals surface area (Å²) in [5.41, 5.74) is 5.17. The minimum atomic E-state index is -2.13. The molecule has 4 rings (SSSR count). The molecule has 268 valence electrons. The highest BCUT2D eigenvalue weighted by Crippen LogP contribution is 2.49. The minimum Gasteiger partial charge on any atom is -0.497 e. The second kappa shape index (κ2) is 15.4. The molecule has 48 heavy (non-hydrogen) atoms. The van der Waals surface area contributed by atoms with Gasteiger partial charge in [-0.3, -0.25) is 4.79 Å². The smallest absolute Gasteiger partial charge is 0.302 e. The Morgan fingerprint density at radius 1 is 0.917 bits per heavy atom. The Balaban J connectivity index is 1.52. The van der Waals surface area contributed by atoms with Gasteiger partial charge < -0.3 is 23.1 Å². The highest BCUT2D eigenvalue weighted by Gasteiger charge is 2.51. The Hall–Kier alpha value is -2.14. The lowest BCUT2D eigenvalue weighted by Gasteiger charge is -2.44. The summed E-state index contributed by atoms with van der Waals surface area (Å²) in [6.07, 6.45) is 11.5. The van der Waals surface area contributed by atoms with Crippen molar-refractivity contribution in [3.63, 3.8) is 0 Å². The Kier molecular flexibility index (Phi) is 12.4. The minimum absolute atomic E-state index is 0.0145. The second-order valence-electron chi connectivity index (χ2n) is 17.4. The van der Waals surface area contributed by atoms with E-state index in [0.29, 0.717) is 6.61 Å². The van der Waals surface area contributed by atoms with Crippen molar-refractivity contribution in [2.75, 3.05) is 13.7 Å². The molecule has 4 atom stereocenters. The van der Waals surface area contributed by atoms with Gasteiger partial charge in [0.15, 0.2) is 8.32 Å². The zero-order valence-electron chi connectivity index (χ0n) is 32.1. The van der Waals surface area contributed by atoms with Crippen LogP contribution >= 0.6 is 0 Å². The van der Waals surface area contributed by atoms with E-state index in [2.05, 4.69) is 85.9 Å². The quantitative estimate of drug-likeness (QED) is 0.0848. The van der Waals surface area contributed by atoms with Gasteiger partial charge in [-0.1, -0.05) is 91.3 Å². The van der Waals surface area contributed by atoms with Gasteiger partial charge in [0.1, 0.15) is 19.9 Å². The van der Waals surface area contributed by atoms with Crippen LogP contribution in [0.1, 0.15) is 110 Å². The molecule has 2 aromatic rings. The molecular formula is C40H64O6Si2. The van der Waals surface area contributed by atoms with Crippen molar-refractivity contribution >= 4 is 27.7 Å². The largest absolute Gasteiger partial charge is 0.497 e. The molecule has 0 saturated carbocycles. The van der Waals surface area contributed by atoms with Crippen LogP contribution in [0.25, 0.3) is 0 Å². The summed E-state index contributed by atoms with van der Waals surface area (Å²) < 4.78 is 31.4. The Bertz CT molecular complexity index is 1390. The van der Waals surface area contributed by atoms with Crippen LogP contribution in [0.15, 0.2) is 46.6 Å². The van der Waals surface area contributed by atoms with E-state index < -0.39 is 16.4 Å². The maximum atomic E-state index is 12.6. The normalized spacial score (nSPS) is 21.7. The summed E-state index contributed by atoms with van der Waals surface area (Å²) in [7, 11) is -2.44. The fraction of sp³-hybridized carbons (Fsp3) is 0.675. The average Bonchev–Trinajstić information content (AvgIpc) is 3.39. The number of furan rings is 1. The van der Waals surface area contributed by atoms with Gasteiger partial charge in [0.2, 0.25) is 0 Å². The predicted molar refractivity (Wildman–Crippen MR) is 202 cm³/mol.